The Kier molecular flexibility index (Phi) is 2.96. The molecule has 0 aliphatic heterocycles. The SMILES string of the molecule is Cc1cc(Br)cn2c(N)c(-c3ccccc3C#N)nc12. The van der Waals surface area contributed by atoms with Gasteiger partial charge in [-0.3, -0.25) is 4.40 Å². The average Bonchev–Trinajstić information content (AvgIpc) is 2.77. The van der Waals surface area contributed by atoms with Gasteiger partial charge in [0.15, 0.2) is 0 Å². The molecule has 0 unspecified atom stereocenters. The van der Waals surface area contributed by atoms with Crippen LogP contribution >= 0.6 is 15.9 Å². The monoisotopic (exact) mass is 326 g/mol. The molecule has 0 fully saturated rings. The van der Waals surface area contributed by atoms with E-state index in [-0.39, 0.29) is 0 Å². The molecule has 2 aromatic heterocycles. The predicted molar refractivity (Wildman–Crippen MR) is 82.2 cm³/mol. The van der Waals surface area contributed by atoms with Crippen molar-refractivity contribution in [3.8, 4) is 17.3 Å². The topological polar surface area (TPSA) is 67.1 Å². The number of rotatable bonds is 1. The van der Waals surface area contributed by atoms with Crippen LogP contribution in [0.25, 0.3) is 16.9 Å². The number of nitrogens with zero attached hydrogens (tertiary/aromatic N) is 3. The zero-order valence-electron chi connectivity index (χ0n) is 10.8. The number of fused-ring (bicyclic) bond motifs is 1. The molecule has 0 aliphatic rings. The summed E-state index contributed by atoms with van der Waals surface area (Å²) >= 11 is 3.45. The summed E-state index contributed by atoms with van der Waals surface area (Å²) in [5, 5.41) is 9.21. The minimum absolute atomic E-state index is 0.534. The Morgan fingerprint density at radius 3 is 2.85 bits per heavy atom. The molecule has 0 bridgehead atoms. The van der Waals surface area contributed by atoms with Gasteiger partial charge in [-0.15, -0.1) is 0 Å². The minimum atomic E-state index is 0.534. The molecule has 0 atom stereocenters. The van der Waals surface area contributed by atoms with Crippen molar-refractivity contribution in [3.05, 3.63) is 52.1 Å². The molecule has 2 heterocycles. The summed E-state index contributed by atoms with van der Waals surface area (Å²) in [7, 11) is 0. The van der Waals surface area contributed by atoms with Crippen molar-refractivity contribution in [2.24, 2.45) is 0 Å². The number of halogens is 1. The number of nitriles is 1. The summed E-state index contributed by atoms with van der Waals surface area (Å²) in [5.74, 6) is 0.534. The molecule has 1 aromatic carbocycles. The van der Waals surface area contributed by atoms with Gasteiger partial charge in [0.2, 0.25) is 0 Å². The molecule has 0 amide bonds. The molecule has 0 saturated heterocycles. The van der Waals surface area contributed by atoms with Crippen molar-refractivity contribution < 1.29 is 0 Å². The van der Waals surface area contributed by atoms with Gasteiger partial charge in [-0.1, -0.05) is 18.2 Å². The van der Waals surface area contributed by atoms with Crippen molar-refractivity contribution in [2.75, 3.05) is 5.73 Å². The van der Waals surface area contributed by atoms with Gasteiger partial charge in [0.1, 0.15) is 17.2 Å². The van der Waals surface area contributed by atoms with Gasteiger partial charge in [0.05, 0.1) is 11.6 Å². The Bertz CT molecular complexity index is 858. The van der Waals surface area contributed by atoms with Crippen LogP contribution in [0, 0.1) is 18.3 Å². The second-order valence-corrected chi connectivity index (χ2v) is 5.45. The number of hydrogen-bond donors (Lipinski definition) is 1. The largest absolute Gasteiger partial charge is 0.383 e. The van der Waals surface area contributed by atoms with Crippen molar-refractivity contribution >= 4 is 27.4 Å². The van der Waals surface area contributed by atoms with Gasteiger partial charge in [-0.25, -0.2) is 4.98 Å². The van der Waals surface area contributed by atoms with Crippen LogP contribution in [0.5, 0.6) is 0 Å². The summed E-state index contributed by atoms with van der Waals surface area (Å²) in [6.07, 6.45) is 1.88. The number of nitrogen functional groups attached to an aromatic ring is 1. The lowest BCUT2D eigenvalue weighted by atomic mass is 10.1. The maximum atomic E-state index is 9.21. The number of anilines is 1. The third-order valence-electron chi connectivity index (χ3n) is 3.21. The lowest BCUT2D eigenvalue weighted by molar-refractivity contribution is 1.16. The van der Waals surface area contributed by atoms with Gasteiger partial charge in [-0.05, 0) is 40.5 Å². The first-order valence-corrected chi connectivity index (χ1v) is 6.84. The molecule has 4 nitrogen and oxygen atoms in total. The number of aryl methyl sites for hydroxylation is 1. The molecule has 0 spiro atoms. The van der Waals surface area contributed by atoms with Gasteiger partial charge >= 0.3 is 0 Å². The quantitative estimate of drug-likeness (QED) is 0.743. The highest BCUT2D eigenvalue weighted by Crippen LogP contribution is 2.30. The van der Waals surface area contributed by atoms with Crippen LogP contribution in [0.2, 0.25) is 0 Å². The number of aromatic nitrogens is 2. The van der Waals surface area contributed by atoms with Crippen molar-refractivity contribution in [2.45, 2.75) is 6.92 Å². The van der Waals surface area contributed by atoms with Gasteiger partial charge in [0, 0.05) is 16.2 Å². The summed E-state index contributed by atoms with van der Waals surface area (Å²) in [4.78, 5) is 4.60. The van der Waals surface area contributed by atoms with E-state index in [2.05, 4.69) is 27.0 Å². The van der Waals surface area contributed by atoms with E-state index in [4.69, 9.17) is 5.73 Å². The molecule has 2 N–H and O–H groups in total. The van der Waals surface area contributed by atoms with Crippen LogP contribution in [0.15, 0.2) is 41.0 Å². The predicted octanol–water partition coefficient (Wildman–Crippen LogP) is 3.53. The number of hydrogen-bond acceptors (Lipinski definition) is 3. The van der Waals surface area contributed by atoms with Crippen molar-refractivity contribution in [3.63, 3.8) is 0 Å². The van der Waals surface area contributed by atoms with E-state index in [1.807, 2.05) is 41.8 Å². The molecule has 98 valence electrons. The molecular weight excluding hydrogens is 316 g/mol. The minimum Gasteiger partial charge on any atom is -0.383 e. The highest BCUT2D eigenvalue weighted by Gasteiger charge is 2.15. The number of imidazole rings is 1. The summed E-state index contributed by atoms with van der Waals surface area (Å²) in [6, 6.07) is 11.5. The highest BCUT2D eigenvalue weighted by molar-refractivity contribution is 9.10. The fraction of sp³-hybridized carbons (Fsp3) is 0.0667. The van der Waals surface area contributed by atoms with E-state index in [0.717, 1.165) is 21.2 Å². The second kappa shape index (κ2) is 4.66. The Morgan fingerprint density at radius 1 is 1.35 bits per heavy atom. The fourth-order valence-electron chi connectivity index (χ4n) is 2.27. The van der Waals surface area contributed by atoms with Crippen LogP contribution < -0.4 is 5.73 Å². The number of nitrogens with two attached hydrogens (primary N) is 1. The Hall–Kier alpha value is -2.32. The average molecular weight is 327 g/mol. The number of benzene rings is 1. The van der Waals surface area contributed by atoms with Gasteiger partial charge in [-0.2, -0.15) is 5.26 Å². The first-order chi connectivity index (χ1) is 9.61. The molecule has 0 aliphatic carbocycles. The van der Waals surface area contributed by atoms with Crippen LogP contribution in [-0.4, -0.2) is 9.38 Å². The zero-order chi connectivity index (χ0) is 14.3. The van der Waals surface area contributed by atoms with E-state index >= 15 is 0 Å². The zero-order valence-corrected chi connectivity index (χ0v) is 12.3. The lowest BCUT2D eigenvalue weighted by Crippen LogP contribution is -1.95. The van der Waals surface area contributed by atoms with Gasteiger partial charge < -0.3 is 5.73 Å². The molecular formula is C15H11BrN4. The van der Waals surface area contributed by atoms with E-state index in [9.17, 15) is 5.26 Å². The molecule has 3 aromatic rings. The maximum Gasteiger partial charge on any atom is 0.142 e. The first-order valence-electron chi connectivity index (χ1n) is 6.05. The van der Waals surface area contributed by atoms with Crippen LogP contribution in [-0.2, 0) is 0 Å². The Morgan fingerprint density at radius 2 is 2.10 bits per heavy atom. The third kappa shape index (κ3) is 1.86. The van der Waals surface area contributed by atoms with Crippen molar-refractivity contribution in [1.82, 2.24) is 9.38 Å². The van der Waals surface area contributed by atoms with E-state index in [0.29, 0.717) is 17.1 Å². The standard InChI is InChI=1S/C15H11BrN4/c1-9-6-11(16)8-20-14(18)13(19-15(9)20)12-5-3-2-4-10(12)7-17/h2-6,8H,18H2,1H3. The smallest absolute Gasteiger partial charge is 0.142 e. The Balaban J connectivity index is 2.36. The maximum absolute atomic E-state index is 9.21. The first kappa shape index (κ1) is 12.7. The highest BCUT2D eigenvalue weighted by atomic mass is 79.9. The molecule has 3 rings (SSSR count). The molecule has 0 saturated carbocycles. The molecule has 5 heteroatoms. The van der Waals surface area contributed by atoms with Crippen LogP contribution in [0.1, 0.15) is 11.1 Å². The fourth-order valence-corrected chi connectivity index (χ4v) is 2.82. The lowest BCUT2D eigenvalue weighted by Gasteiger charge is -2.02. The molecule has 20 heavy (non-hydrogen) atoms. The van der Waals surface area contributed by atoms with Crippen LogP contribution in [0.3, 0.4) is 0 Å². The van der Waals surface area contributed by atoms with E-state index < -0.39 is 0 Å². The summed E-state index contributed by atoms with van der Waals surface area (Å²) in [5.41, 5.74) is 9.99. The van der Waals surface area contributed by atoms with Gasteiger partial charge in [0.25, 0.3) is 0 Å². The van der Waals surface area contributed by atoms with E-state index in [1.165, 1.54) is 0 Å². The molecule has 0 radical (unpaired) electrons. The number of pyridine rings is 1. The summed E-state index contributed by atoms with van der Waals surface area (Å²) in [6.45, 7) is 1.98. The third-order valence-corrected chi connectivity index (χ3v) is 3.64. The Labute approximate surface area is 124 Å². The second-order valence-electron chi connectivity index (χ2n) is 4.54. The van der Waals surface area contributed by atoms with E-state index in [1.54, 1.807) is 6.07 Å². The van der Waals surface area contributed by atoms with Crippen LogP contribution in [0.4, 0.5) is 5.82 Å². The van der Waals surface area contributed by atoms with Crippen molar-refractivity contribution in [1.29, 1.82) is 5.26 Å². The summed E-state index contributed by atoms with van der Waals surface area (Å²) < 4.78 is 2.77. The normalized spacial score (nSPS) is 10.7.